The van der Waals surface area contributed by atoms with Crippen molar-refractivity contribution in [1.29, 1.82) is 0 Å². The predicted octanol–water partition coefficient (Wildman–Crippen LogP) is 6.80. The second-order valence-corrected chi connectivity index (χ2v) is 8.34. The molecule has 0 amide bonds. The van der Waals surface area contributed by atoms with Crippen LogP contribution in [0.2, 0.25) is 0 Å². The van der Waals surface area contributed by atoms with Crippen molar-refractivity contribution in [1.82, 2.24) is 4.90 Å². The number of unbranched alkanes of at least 4 members (excludes halogenated alkanes) is 13. The molecule has 0 aromatic carbocycles. The lowest BCUT2D eigenvalue weighted by molar-refractivity contribution is -0.144. The van der Waals surface area contributed by atoms with Gasteiger partial charge < -0.3 is 5.11 Å². The summed E-state index contributed by atoms with van der Waals surface area (Å²) in [5.41, 5.74) is 0. The molecular weight excluding hydrogens is 322 g/mol. The van der Waals surface area contributed by atoms with Crippen LogP contribution in [0.3, 0.4) is 0 Å². The van der Waals surface area contributed by atoms with E-state index >= 15 is 0 Å². The molecule has 1 rings (SSSR count). The van der Waals surface area contributed by atoms with Crippen LogP contribution in [0, 0.1) is 0 Å². The van der Waals surface area contributed by atoms with Crippen molar-refractivity contribution in [2.75, 3.05) is 13.1 Å². The monoisotopic (exact) mass is 367 g/mol. The van der Waals surface area contributed by atoms with Gasteiger partial charge in [-0.05, 0) is 32.4 Å². The van der Waals surface area contributed by atoms with Gasteiger partial charge in [-0.25, -0.2) is 0 Å². The molecule has 0 aromatic heterocycles. The maximum absolute atomic E-state index is 11.5. The summed E-state index contributed by atoms with van der Waals surface area (Å²) >= 11 is 0. The van der Waals surface area contributed by atoms with Crippen LogP contribution in [0.15, 0.2) is 0 Å². The highest BCUT2D eigenvalue weighted by Gasteiger charge is 2.25. The molecule has 3 nitrogen and oxygen atoms in total. The Morgan fingerprint density at radius 2 is 1.15 bits per heavy atom. The summed E-state index contributed by atoms with van der Waals surface area (Å²) in [6.45, 7) is 4.24. The van der Waals surface area contributed by atoms with Crippen LogP contribution in [-0.4, -0.2) is 35.1 Å². The smallest absolute Gasteiger partial charge is 0.320 e. The minimum atomic E-state index is -0.610. The van der Waals surface area contributed by atoms with E-state index in [0.29, 0.717) is 0 Å². The van der Waals surface area contributed by atoms with Gasteiger partial charge in [0.25, 0.3) is 0 Å². The molecular formula is C23H45NO2. The molecule has 0 spiro atoms. The zero-order valence-electron chi connectivity index (χ0n) is 17.5. The third-order valence-corrected chi connectivity index (χ3v) is 5.95. The first-order chi connectivity index (χ1) is 12.8. The first-order valence-corrected chi connectivity index (χ1v) is 11.7. The summed E-state index contributed by atoms with van der Waals surface area (Å²) in [4.78, 5) is 13.7. The topological polar surface area (TPSA) is 40.5 Å². The average Bonchev–Trinajstić information content (AvgIpc) is 2.65. The van der Waals surface area contributed by atoms with Gasteiger partial charge in [-0.3, -0.25) is 9.69 Å². The third-order valence-electron chi connectivity index (χ3n) is 5.95. The standard InChI is InChI=1S/C23H45NO2/c1-2-3-4-5-6-7-8-9-10-11-12-13-14-16-19-22(23(25)26)24-20-17-15-18-21-24/h22H,2-21H2,1H3,(H,25,26). The fraction of sp³-hybridized carbons (Fsp3) is 0.957. The van der Waals surface area contributed by atoms with Gasteiger partial charge in [-0.15, -0.1) is 0 Å². The van der Waals surface area contributed by atoms with E-state index in [2.05, 4.69) is 11.8 Å². The van der Waals surface area contributed by atoms with Crippen LogP contribution in [0.4, 0.5) is 0 Å². The SMILES string of the molecule is CCCCCCCCCCCCCCCCC(C(=O)O)N1CCCCC1. The highest BCUT2D eigenvalue weighted by molar-refractivity contribution is 5.73. The Morgan fingerprint density at radius 1 is 0.731 bits per heavy atom. The molecule has 0 bridgehead atoms. The minimum absolute atomic E-state index is 0.229. The molecule has 0 radical (unpaired) electrons. The maximum atomic E-state index is 11.5. The Balaban J connectivity index is 1.88. The van der Waals surface area contributed by atoms with Gasteiger partial charge in [0, 0.05) is 0 Å². The minimum Gasteiger partial charge on any atom is -0.480 e. The van der Waals surface area contributed by atoms with Crippen molar-refractivity contribution in [3.8, 4) is 0 Å². The van der Waals surface area contributed by atoms with E-state index in [1.165, 1.54) is 103 Å². The molecule has 1 unspecified atom stereocenters. The molecule has 26 heavy (non-hydrogen) atoms. The van der Waals surface area contributed by atoms with E-state index in [4.69, 9.17) is 0 Å². The van der Waals surface area contributed by atoms with Gasteiger partial charge >= 0.3 is 5.97 Å². The molecule has 1 heterocycles. The largest absolute Gasteiger partial charge is 0.480 e. The molecule has 1 atom stereocenters. The molecule has 1 fully saturated rings. The first kappa shape index (κ1) is 23.5. The molecule has 0 aromatic rings. The Kier molecular flexibility index (Phi) is 15.0. The van der Waals surface area contributed by atoms with Crippen molar-refractivity contribution < 1.29 is 9.90 Å². The van der Waals surface area contributed by atoms with Gasteiger partial charge in [0.05, 0.1) is 0 Å². The quantitative estimate of drug-likeness (QED) is 0.287. The predicted molar refractivity (Wildman–Crippen MR) is 112 cm³/mol. The zero-order chi connectivity index (χ0) is 18.9. The molecule has 0 saturated carbocycles. The van der Waals surface area contributed by atoms with Crippen molar-refractivity contribution in [3.63, 3.8) is 0 Å². The molecule has 154 valence electrons. The van der Waals surface area contributed by atoms with Crippen LogP contribution in [0.25, 0.3) is 0 Å². The molecule has 1 aliphatic heterocycles. The highest BCUT2D eigenvalue weighted by Crippen LogP contribution is 2.18. The van der Waals surface area contributed by atoms with E-state index in [1.54, 1.807) is 0 Å². The van der Waals surface area contributed by atoms with Gasteiger partial charge in [0.2, 0.25) is 0 Å². The highest BCUT2D eigenvalue weighted by atomic mass is 16.4. The Labute approximate surface area is 162 Å². The second kappa shape index (κ2) is 16.6. The summed E-state index contributed by atoms with van der Waals surface area (Å²) in [6.07, 6.45) is 23.4. The van der Waals surface area contributed by atoms with E-state index < -0.39 is 5.97 Å². The lowest BCUT2D eigenvalue weighted by Crippen LogP contribution is -2.44. The lowest BCUT2D eigenvalue weighted by atomic mass is 10.0. The normalized spacial score (nSPS) is 16.7. The molecule has 3 heteroatoms. The summed E-state index contributed by atoms with van der Waals surface area (Å²) in [6, 6.07) is -0.229. The number of carboxylic acids is 1. The van der Waals surface area contributed by atoms with E-state index in [1.807, 2.05) is 0 Å². The number of aliphatic carboxylic acids is 1. The van der Waals surface area contributed by atoms with E-state index in [9.17, 15) is 9.90 Å². The van der Waals surface area contributed by atoms with Crippen LogP contribution in [0.5, 0.6) is 0 Å². The number of carboxylic acid groups (broad SMARTS) is 1. The Morgan fingerprint density at radius 3 is 1.58 bits per heavy atom. The van der Waals surface area contributed by atoms with Crippen LogP contribution in [0.1, 0.15) is 122 Å². The number of nitrogens with zero attached hydrogens (tertiary/aromatic N) is 1. The average molecular weight is 368 g/mol. The van der Waals surface area contributed by atoms with E-state index in [0.717, 1.165) is 25.9 Å². The summed E-state index contributed by atoms with van der Waals surface area (Å²) in [7, 11) is 0. The summed E-state index contributed by atoms with van der Waals surface area (Å²) < 4.78 is 0. The van der Waals surface area contributed by atoms with Crippen LogP contribution in [-0.2, 0) is 4.79 Å². The fourth-order valence-electron chi connectivity index (χ4n) is 4.22. The lowest BCUT2D eigenvalue weighted by Gasteiger charge is -2.32. The summed E-state index contributed by atoms with van der Waals surface area (Å²) in [5, 5.41) is 9.49. The summed E-state index contributed by atoms with van der Waals surface area (Å²) in [5.74, 6) is -0.610. The first-order valence-electron chi connectivity index (χ1n) is 11.7. The number of likely N-dealkylation sites (tertiary alicyclic amines) is 1. The number of piperidine rings is 1. The fourth-order valence-corrected chi connectivity index (χ4v) is 4.22. The van der Waals surface area contributed by atoms with Crippen molar-refractivity contribution in [3.05, 3.63) is 0 Å². The molecule has 1 saturated heterocycles. The van der Waals surface area contributed by atoms with Crippen LogP contribution >= 0.6 is 0 Å². The Hall–Kier alpha value is -0.570. The molecule has 0 aliphatic carbocycles. The van der Waals surface area contributed by atoms with E-state index in [-0.39, 0.29) is 6.04 Å². The van der Waals surface area contributed by atoms with Crippen LogP contribution < -0.4 is 0 Å². The second-order valence-electron chi connectivity index (χ2n) is 8.34. The van der Waals surface area contributed by atoms with Gasteiger partial charge in [0.15, 0.2) is 0 Å². The van der Waals surface area contributed by atoms with Gasteiger partial charge in [-0.2, -0.15) is 0 Å². The molecule has 1 N–H and O–H groups in total. The maximum Gasteiger partial charge on any atom is 0.320 e. The Bertz CT molecular complexity index is 326. The van der Waals surface area contributed by atoms with Crippen molar-refractivity contribution in [2.24, 2.45) is 0 Å². The molecule has 1 aliphatic rings. The number of rotatable bonds is 17. The number of carbonyl (C=O) groups is 1. The third kappa shape index (κ3) is 11.9. The van der Waals surface area contributed by atoms with Gasteiger partial charge in [0.1, 0.15) is 6.04 Å². The van der Waals surface area contributed by atoms with Crippen molar-refractivity contribution >= 4 is 5.97 Å². The van der Waals surface area contributed by atoms with Crippen molar-refractivity contribution in [2.45, 2.75) is 129 Å². The number of hydrogen-bond acceptors (Lipinski definition) is 2. The number of hydrogen-bond donors (Lipinski definition) is 1. The zero-order valence-corrected chi connectivity index (χ0v) is 17.5. The van der Waals surface area contributed by atoms with Gasteiger partial charge in [-0.1, -0.05) is 103 Å².